The molecule has 3 heterocycles. The van der Waals surface area contributed by atoms with Crippen molar-refractivity contribution in [3.8, 4) is 11.4 Å². The van der Waals surface area contributed by atoms with Gasteiger partial charge in [-0.1, -0.05) is 35.5 Å². The predicted octanol–water partition coefficient (Wildman–Crippen LogP) is 2.94. The Balaban J connectivity index is 1.41. The van der Waals surface area contributed by atoms with E-state index in [1.165, 1.54) is 5.56 Å². The fraction of sp³-hybridized carbons (Fsp3) is 0.389. The summed E-state index contributed by atoms with van der Waals surface area (Å²) in [6.07, 6.45) is 5.13. The molecule has 1 saturated heterocycles. The molecule has 1 unspecified atom stereocenters. The molecule has 2 aromatic heterocycles. The molecule has 4 rings (SSSR count). The Labute approximate surface area is 141 Å². The zero-order chi connectivity index (χ0) is 16.4. The van der Waals surface area contributed by atoms with Crippen LogP contribution in [0, 0.1) is 0 Å². The van der Waals surface area contributed by atoms with Gasteiger partial charge in [-0.15, -0.1) is 0 Å². The number of hydrogen-bond acceptors (Lipinski definition) is 5. The highest BCUT2D eigenvalue weighted by Gasteiger charge is 2.28. The first-order valence-electron chi connectivity index (χ1n) is 8.44. The van der Waals surface area contributed by atoms with Crippen LogP contribution in [-0.2, 0) is 13.1 Å². The van der Waals surface area contributed by atoms with E-state index in [0.29, 0.717) is 11.7 Å². The van der Waals surface area contributed by atoms with Gasteiger partial charge in [0, 0.05) is 37.0 Å². The molecule has 1 atom stereocenters. The Hall–Kier alpha value is -2.47. The normalized spacial score (nSPS) is 18.3. The van der Waals surface area contributed by atoms with Crippen LogP contribution in [0.3, 0.4) is 0 Å². The van der Waals surface area contributed by atoms with Gasteiger partial charge in [0.05, 0.1) is 12.1 Å². The fourth-order valence-corrected chi connectivity index (χ4v) is 3.20. The van der Waals surface area contributed by atoms with Crippen LogP contribution in [0.4, 0.5) is 0 Å². The van der Waals surface area contributed by atoms with E-state index >= 15 is 0 Å². The van der Waals surface area contributed by atoms with Crippen molar-refractivity contribution in [2.45, 2.75) is 32.4 Å². The lowest BCUT2D eigenvalue weighted by atomic mass is 10.1. The second-order valence-electron chi connectivity index (χ2n) is 6.25. The van der Waals surface area contributed by atoms with Crippen LogP contribution in [0.5, 0.6) is 0 Å². The molecule has 1 aliphatic rings. The molecule has 1 aliphatic heterocycles. The number of aromatic nitrogens is 4. The number of nitrogens with zero attached hydrogens (tertiary/aromatic N) is 5. The van der Waals surface area contributed by atoms with Gasteiger partial charge in [-0.05, 0) is 19.9 Å². The highest BCUT2D eigenvalue weighted by molar-refractivity contribution is 5.53. The van der Waals surface area contributed by atoms with E-state index in [4.69, 9.17) is 4.52 Å². The lowest BCUT2D eigenvalue weighted by Gasteiger charge is -2.13. The van der Waals surface area contributed by atoms with Gasteiger partial charge in [0.25, 0.3) is 0 Å². The molecule has 124 valence electrons. The maximum absolute atomic E-state index is 5.52. The highest BCUT2D eigenvalue weighted by Crippen LogP contribution is 2.28. The molecular formula is C18H21N5O. The molecule has 0 radical (unpaired) electrons. The van der Waals surface area contributed by atoms with Crippen LogP contribution < -0.4 is 0 Å². The average molecular weight is 323 g/mol. The average Bonchev–Trinajstić information content (AvgIpc) is 3.36. The van der Waals surface area contributed by atoms with Crippen molar-refractivity contribution in [3.63, 3.8) is 0 Å². The van der Waals surface area contributed by atoms with E-state index in [1.807, 2.05) is 41.2 Å². The molecule has 1 aromatic carbocycles. The number of aryl methyl sites for hydroxylation is 1. The van der Waals surface area contributed by atoms with Crippen molar-refractivity contribution < 1.29 is 4.52 Å². The third kappa shape index (κ3) is 3.10. The van der Waals surface area contributed by atoms with Crippen molar-refractivity contribution in [3.05, 3.63) is 54.2 Å². The molecule has 1 fully saturated rings. The lowest BCUT2D eigenvalue weighted by Crippen LogP contribution is -2.19. The number of likely N-dealkylation sites (tertiary alicyclic amines) is 1. The van der Waals surface area contributed by atoms with Gasteiger partial charge in [0.2, 0.25) is 11.7 Å². The zero-order valence-corrected chi connectivity index (χ0v) is 13.8. The summed E-state index contributed by atoms with van der Waals surface area (Å²) in [5.41, 5.74) is 2.25. The second kappa shape index (κ2) is 6.57. The Bertz CT molecular complexity index is 795. The molecular weight excluding hydrogens is 302 g/mol. The van der Waals surface area contributed by atoms with E-state index < -0.39 is 0 Å². The molecule has 6 heteroatoms. The Kier molecular flexibility index (Phi) is 4.13. The first kappa shape index (κ1) is 15.1. The summed E-state index contributed by atoms with van der Waals surface area (Å²) >= 11 is 0. The quantitative estimate of drug-likeness (QED) is 0.722. The summed E-state index contributed by atoms with van der Waals surface area (Å²) in [6.45, 7) is 5.93. The summed E-state index contributed by atoms with van der Waals surface area (Å²) in [5, 5.41) is 8.48. The van der Waals surface area contributed by atoms with Crippen molar-refractivity contribution in [2.24, 2.45) is 0 Å². The summed E-state index contributed by atoms with van der Waals surface area (Å²) in [4.78, 5) is 7.03. The van der Waals surface area contributed by atoms with Gasteiger partial charge < -0.3 is 4.52 Å². The molecule has 0 amide bonds. The van der Waals surface area contributed by atoms with Crippen molar-refractivity contribution in [1.29, 1.82) is 0 Å². The van der Waals surface area contributed by atoms with Crippen LogP contribution in [-0.4, -0.2) is 37.9 Å². The van der Waals surface area contributed by atoms with Gasteiger partial charge >= 0.3 is 0 Å². The molecule has 0 bridgehead atoms. The van der Waals surface area contributed by atoms with Crippen molar-refractivity contribution >= 4 is 0 Å². The Morgan fingerprint density at radius 3 is 2.92 bits per heavy atom. The summed E-state index contributed by atoms with van der Waals surface area (Å²) in [6, 6.07) is 9.96. The minimum absolute atomic E-state index is 0.316. The summed E-state index contributed by atoms with van der Waals surface area (Å²) in [5.74, 6) is 1.74. The van der Waals surface area contributed by atoms with Crippen LogP contribution in [0.1, 0.15) is 30.7 Å². The third-order valence-electron chi connectivity index (χ3n) is 4.51. The van der Waals surface area contributed by atoms with Crippen molar-refractivity contribution in [1.82, 2.24) is 24.8 Å². The Morgan fingerprint density at radius 2 is 2.12 bits per heavy atom. The standard InChI is InChI=1S/C18H21N5O/c1-2-23-12-14(10-19-23)11-22-9-8-16(13-22)18-20-17(21-24-18)15-6-4-3-5-7-15/h3-7,10,12,16H,2,8-9,11,13H2,1H3. The highest BCUT2D eigenvalue weighted by atomic mass is 16.5. The molecule has 6 nitrogen and oxygen atoms in total. The van der Waals surface area contributed by atoms with E-state index in [0.717, 1.165) is 44.1 Å². The van der Waals surface area contributed by atoms with Gasteiger partial charge in [0.15, 0.2) is 0 Å². The summed E-state index contributed by atoms with van der Waals surface area (Å²) in [7, 11) is 0. The zero-order valence-electron chi connectivity index (χ0n) is 13.8. The van der Waals surface area contributed by atoms with Gasteiger partial charge in [-0.25, -0.2) is 0 Å². The SMILES string of the molecule is CCn1cc(CN2CCC(c3nc(-c4ccccc4)no3)C2)cn1. The van der Waals surface area contributed by atoms with Gasteiger partial charge in [0.1, 0.15) is 0 Å². The second-order valence-corrected chi connectivity index (χ2v) is 6.25. The number of hydrogen-bond donors (Lipinski definition) is 0. The number of benzene rings is 1. The molecule has 3 aromatic rings. The van der Waals surface area contributed by atoms with Crippen LogP contribution in [0.25, 0.3) is 11.4 Å². The van der Waals surface area contributed by atoms with Gasteiger partial charge in [-0.3, -0.25) is 9.58 Å². The van der Waals surface area contributed by atoms with Crippen LogP contribution in [0.15, 0.2) is 47.2 Å². The van der Waals surface area contributed by atoms with E-state index in [-0.39, 0.29) is 0 Å². The first-order valence-corrected chi connectivity index (χ1v) is 8.44. The van der Waals surface area contributed by atoms with Crippen LogP contribution in [0.2, 0.25) is 0 Å². The van der Waals surface area contributed by atoms with Crippen molar-refractivity contribution in [2.75, 3.05) is 13.1 Å². The van der Waals surface area contributed by atoms with E-state index in [9.17, 15) is 0 Å². The molecule has 24 heavy (non-hydrogen) atoms. The minimum Gasteiger partial charge on any atom is -0.339 e. The van der Waals surface area contributed by atoms with E-state index in [2.05, 4.69) is 33.3 Å². The molecule has 0 aliphatic carbocycles. The molecule has 0 spiro atoms. The smallest absolute Gasteiger partial charge is 0.231 e. The predicted molar refractivity (Wildman–Crippen MR) is 90.3 cm³/mol. The van der Waals surface area contributed by atoms with E-state index in [1.54, 1.807) is 0 Å². The maximum Gasteiger partial charge on any atom is 0.231 e. The largest absolute Gasteiger partial charge is 0.339 e. The molecule has 0 N–H and O–H groups in total. The Morgan fingerprint density at radius 1 is 1.25 bits per heavy atom. The summed E-state index contributed by atoms with van der Waals surface area (Å²) < 4.78 is 7.48. The third-order valence-corrected chi connectivity index (χ3v) is 4.51. The maximum atomic E-state index is 5.52. The topological polar surface area (TPSA) is 60.0 Å². The van der Waals surface area contributed by atoms with Gasteiger partial charge in [-0.2, -0.15) is 10.1 Å². The number of rotatable bonds is 5. The fourth-order valence-electron chi connectivity index (χ4n) is 3.20. The minimum atomic E-state index is 0.316. The molecule has 0 saturated carbocycles. The monoisotopic (exact) mass is 323 g/mol. The lowest BCUT2D eigenvalue weighted by molar-refractivity contribution is 0.309. The first-order chi connectivity index (χ1) is 11.8. The van der Waals surface area contributed by atoms with Crippen LogP contribution >= 0.6 is 0 Å².